The third-order valence-electron chi connectivity index (χ3n) is 4.75. The summed E-state index contributed by atoms with van der Waals surface area (Å²) in [6, 6.07) is 9.97. The molecule has 0 bridgehead atoms. The molecule has 7 heteroatoms. The van der Waals surface area contributed by atoms with Crippen LogP contribution in [-0.4, -0.2) is 40.5 Å². The molecule has 0 radical (unpaired) electrons. The van der Waals surface area contributed by atoms with E-state index < -0.39 is 0 Å². The Morgan fingerprint density at radius 3 is 3.04 bits per heavy atom. The van der Waals surface area contributed by atoms with E-state index in [4.69, 9.17) is 9.47 Å². The predicted molar refractivity (Wildman–Crippen MR) is 99.3 cm³/mol. The Hall–Kier alpha value is -2.80. The molecule has 2 N–H and O–H groups in total. The van der Waals surface area contributed by atoms with Gasteiger partial charge in [0.25, 0.3) is 5.91 Å². The first-order valence-corrected chi connectivity index (χ1v) is 8.85. The first-order valence-electron chi connectivity index (χ1n) is 8.85. The van der Waals surface area contributed by atoms with Crippen LogP contribution in [0.5, 0.6) is 5.75 Å². The van der Waals surface area contributed by atoms with Gasteiger partial charge in [-0.1, -0.05) is 0 Å². The molecular formula is C19H22N4O3. The molecule has 0 spiro atoms. The number of fused-ring (bicyclic) bond motifs is 1. The fourth-order valence-electron chi connectivity index (χ4n) is 3.45. The summed E-state index contributed by atoms with van der Waals surface area (Å²) in [5.41, 5.74) is 2.99. The second-order valence-corrected chi connectivity index (χ2v) is 6.36. The van der Waals surface area contributed by atoms with E-state index in [0.29, 0.717) is 12.4 Å². The Morgan fingerprint density at radius 2 is 2.31 bits per heavy atom. The number of carbonyl (C=O) groups is 1. The van der Waals surface area contributed by atoms with Crippen LogP contribution >= 0.6 is 0 Å². The lowest BCUT2D eigenvalue weighted by Gasteiger charge is -2.07. The highest BCUT2D eigenvalue weighted by atomic mass is 16.5. The number of ether oxygens (including phenoxy) is 2. The molecule has 7 nitrogen and oxygen atoms in total. The number of rotatable bonds is 5. The fraction of sp³-hybridized carbons (Fsp3) is 0.368. The molecule has 0 aliphatic carbocycles. The second kappa shape index (κ2) is 6.84. The van der Waals surface area contributed by atoms with Gasteiger partial charge in [-0.05, 0) is 44.0 Å². The van der Waals surface area contributed by atoms with Crippen LogP contribution in [-0.2, 0) is 16.1 Å². The summed E-state index contributed by atoms with van der Waals surface area (Å²) >= 11 is 0. The van der Waals surface area contributed by atoms with Gasteiger partial charge in [0.05, 0.1) is 18.5 Å². The molecule has 1 saturated heterocycles. The lowest BCUT2D eigenvalue weighted by atomic mass is 10.2. The van der Waals surface area contributed by atoms with Crippen LogP contribution in [0.2, 0.25) is 0 Å². The van der Waals surface area contributed by atoms with Crippen molar-refractivity contribution in [3.8, 4) is 17.1 Å². The van der Waals surface area contributed by atoms with Gasteiger partial charge in [-0.2, -0.15) is 5.10 Å². The summed E-state index contributed by atoms with van der Waals surface area (Å²) in [5, 5.41) is 11.2. The van der Waals surface area contributed by atoms with Gasteiger partial charge in [-0.15, -0.1) is 0 Å². The van der Waals surface area contributed by atoms with Crippen molar-refractivity contribution in [3.05, 3.63) is 30.3 Å². The van der Waals surface area contributed by atoms with Gasteiger partial charge >= 0.3 is 0 Å². The number of aromatic nitrogens is 3. The average molecular weight is 354 g/mol. The quantitative estimate of drug-likeness (QED) is 0.737. The van der Waals surface area contributed by atoms with Gasteiger partial charge in [0.1, 0.15) is 11.9 Å². The first kappa shape index (κ1) is 16.7. The molecule has 3 heterocycles. The highest BCUT2D eigenvalue weighted by Crippen LogP contribution is 2.30. The van der Waals surface area contributed by atoms with E-state index in [1.54, 1.807) is 7.11 Å². The van der Waals surface area contributed by atoms with Crippen molar-refractivity contribution in [2.75, 3.05) is 19.0 Å². The Kier molecular flexibility index (Phi) is 4.38. The highest BCUT2D eigenvalue weighted by molar-refractivity contribution is 5.94. The molecule has 136 valence electrons. The number of hydrogen-bond acceptors (Lipinski definition) is 4. The summed E-state index contributed by atoms with van der Waals surface area (Å²) in [4.78, 5) is 12.2. The number of methoxy groups -OCH3 is 1. The van der Waals surface area contributed by atoms with Gasteiger partial charge in [-0.25, -0.2) is 0 Å². The van der Waals surface area contributed by atoms with Gasteiger partial charge in [-0.3, -0.25) is 9.89 Å². The van der Waals surface area contributed by atoms with Gasteiger partial charge in [0, 0.05) is 30.1 Å². The van der Waals surface area contributed by atoms with Gasteiger partial charge < -0.3 is 19.4 Å². The van der Waals surface area contributed by atoms with Crippen LogP contribution in [0.3, 0.4) is 0 Å². The van der Waals surface area contributed by atoms with Crippen LogP contribution in [0.25, 0.3) is 22.3 Å². The fourth-order valence-corrected chi connectivity index (χ4v) is 3.45. The van der Waals surface area contributed by atoms with Gasteiger partial charge in [0.2, 0.25) is 0 Å². The number of aryl methyl sites for hydroxylation is 1. The highest BCUT2D eigenvalue weighted by Gasteiger charge is 2.24. The number of carbonyl (C=O) groups excluding carboxylic acids is 1. The van der Waals surface area contributed by atoms with Gasteiger partial charge in [0.15, 0.2) is 5.82 Å². The summed E-state index contributed by atoms with van der Waals surface area (Å²) in [6.45, 7) is 3.56. The van der Waals surface area contributed by atoms with E-state index in [-0.39, 0.29) is 12.0 Å². The van der Waals surface area contributed by atoms with E-state index in [2.05, 4.69) is 39.1 Å². The summed E-state index contributed by atoms with van der Waals surface area (Å²) in [7, 11) is 1.66. The van der Waals surface area contributed by atoms with Crippen LogP contribution in [0.15, 0.2) is 30.3 Å². The average Bonchev–Trinajstić information content (AvgIpc) is 3.39. The predicted octanol–water partition coefficient (Wildman–Crippen LogP) is 3.18. The minimum atomic E-state index is -0.371. The van der Waals surface area contributed by atoms with E-state index in [0.717, 1.165) is 47.4 Å². The van der Waals surface area contributed by atoms with Crippen molar-refractivity contribution < 1.29 is 14.3 Å². The number of nitrogens with zero attached hydrogens (tertiary/aromatic N) is 2. The standard InChI is InChI=1S/C19H22N4O3/c1-3-23-15-7-6-13(25-2)9-12(15)10-16(23)14-11-18(22-21-14)20-19(24)17-5-4-8-26-17/h6-7,9-11,17H,3-5,8H2,1-2H3,(H2,20,21,22,24)/t17-/m1/s1. The lowest BCUT2D eigenvalue weighted by molar-refractivity contribution is -0.124. The van der Waals surface area contributed by atoms with Crippen molar-refractivity contribution in [2.45, 2.75) is 32.4 Å². The smallest absolute Gasteiger partial charge is 0.254 e. The molecule has 3 aromatic rings. The summed E-state index contributed by atoms with van der Waals surface area (Å²) in [5.74, 6) is 1.19. The molecule has 4 rings (SSSR count). The number of nitrogens with one attached hydrogen (secondary N) is 2. The maximum Gasteiger partial charge on any atom is 0.254 e. The number of anilines is 1. The van der Waals surface area contributed by atoms with E-state index in [1.807, 2.05) is 18.2 Å². The molecular weight excluding hydrogens is 332 g/mol. The van der Waals surface area contributed by atoms with E-state index in [1.165, 1.54) is 0 Å². The SMILES string of the molecule is CCn1c(-c2cc(NC(=O)[C@H]3CCCO3)n[nH]2)cc2cc(OC)ccc21. The molecule has 0 saturated carbocycles. The van der Waals surface area contributed by atoms with Crippen molar-refractivity contribution in [2.24, 2.45) is 0 Å². The number of H-pyrrole nitrogens is 1. The Morgan fingerprint density at radius 1 is 1.42 bits per heavy atom. The molecule has 1 aliphatic heterocycles. The minimum absolute atomic E-state index is 0.138. The molecule has 0 unspecified atom stereocenters. The maximum atomic E-state index is 12.2. The van der Waals surface area contributed by atoms with Crippen LogP contribution in [0.1, 0.15) is 19.8 Å². The molecule has 1 aromatic carbocycles. The number of amides is 1. The van der Waals surface area contributed by atoms with Crippen molar-refractivity contribution >= 4 is 22.6 Å². The van der Waals surface area contributed by atoms with Crippen molar-refractivity contribution in [1.29, 1.82) is 0 Å². The van der Waals surface area contributed by atoms with Crippen molar-refractivity contribution in [1.82, 2.24) is 14.8 Å². The Balaban J connectivity index is 1.63. The largest absolute Gasteiger partial charge is 0.497 e. The molecule has 1 amide bonds. The first-order chi connectivity index (χ1) is 12.7. The Labute approximate surface area is 151 Å². The molecule has 26 heavy (non-hydrogen) atoms. The van der Waals surface area contributed by atoms with Crippen LogP contribution in [0, 0.1) is 0 Å². The molecule has 1 aliphatic rings. The monoisotopic (exact) mass is 354 g/mol. The maximum absolute atomic E-state index is 12.2. The second-order valence-electron chi connectivity index (χ2n) is 6.36. The van der Waals surface area contributed by atoms with E-state index >= 15 is 0 Å². The Bertz CT molecular complexity index is 938. The lowest BCUT2D eigenvalue weighted by Crippen LogP contribution is -2.26. The summed E-state index contributed by atoms with van der Waals surface area (Å²) in [6.07, 6.45) is 1.31. The van der Waals surface area contributed by atoms with Crippen LogP contribution in [0.4, 0.5) is 5.82 Å². The zero-order valence-electron chi connectivity index (χ0n) is 14.9. The van der Waals surface area contributed by atoms with Crippen LogP contribution < -0.4 is 10.1 Å². The third kappa shape index (κ3) is 2.94. The zero-order chi connectivity index (χ0) is 18.1. The zero-order valence-corrected chi connectivity index (χ0v) is 14.9. The summed E-state index contributed by atoms with van der Waals surface area (Å²) < 4.78 is 12.9. The normalized spacial score (nSPS) is 16.9. The van der Waals surface area contributed by atoms with Crippen molar-refractivity contribution in [3.63, 3.8) is 0 Å². The number of benzene rings is 1. The number of aromatic amines is 1. The van der Waals surface area contributed by atoms with E-state index in [9.17, 15) is 4.79 Å². The minimum Gasteiger partial charge on any atom is -0.497 e. The molecule has 2 aromatic heterocycles. The molecule has 1 fully saturated rings. The molecule has 1 atom stereocenters. The number of hydrogen-bond donors (Lipinski definition) is 2. The third-order valence-corrected chi connectivity index (χ3v) is 4.75. The topological polar surface area (TPSA) is 81.2 Å².